The Balaban J connectivity index is 1.51. The van der Waals surface area contributed by atoms with Crippen molar-refractivity contribution in [1.29, 1.82) is 0 Å². The number of benzene rings is 2. The third-order valence-corrected chi connectivity index (χ3v) is 4.51. The van der Waals surface area contributed by atoms with Crippen molar-refractivity contribution < 1.29 is 22.5 Å². The van der Waals surface area contributed by atoms with Crippen LogP contribution in [0, 0.1) is 17.5 Å². The summed E-state index contributed by atoms with van der Waals surface area (Å²) in [6.45, 7) is 0.453. The molecule has 3 aromatic rings. The first-order chi connectivity index (χ1) is 13.5. The molecule has 1 N–H and O–H groups in total. The van der Waals surface area contributed by atoms with Crippen molar-refractivity contribution in [2.75, 3.05) is 11.9 Å². The Morgan fingerprint density at radius 3 is 2.64 bits per heavy atom. The topological polar surface area (TPSA) is 71.3 Å². The number of hydrogen-bond donors (Lipinski definition) is 1. The average molecular weight is 388 g/mol. The van der Waals surface area contributed by atoms with Gasteiger partial charge in [-0.1, -0.05) is 5.16 Å². The molecule has 1 aromatic heterocycles. The predicted octanol–water partition coefficient (Wildman–Crippen LogP) is 4.52. The van der Waals surface area contributed by atoms with Gasteiger partial charge < -0.3 is 14.7 Å². The number of carbonyl (C=O) groups excluding carboxylic acids is 1. The van der Waals surface area contributed by atoms with Gasteiger partial charge in [0.2, 0.25) is 11.7 Å². The van der Waals surface area contributed by atoms with Gasteiger partial charge in [0.1, 0.15) is 11.9 Å². The molecular weight excluding hydrogens is 373 g/mol. The first-order valence-corrected chi connectivity index (χ1v) is 8.63. The first-order valence-electron chi connectivity index (χ1n) is 8.63. The van der Waals surface area contributed by atoms with Crippen LogP contribution in [0.5, 0.6) is 0 Å². The Hall–Kier alpha value is -3.36. The van der Waals surface area contributed by atoms with Crippen LogP contribution < -0.4 is 5.32 Å². The van der Waals surface area contributed by atoms with Crippen LogP contribution in [0.1, 0.15) is 24.8 Å². The maximum Gasteiger partial charge on any atom is 0.322 e. The molecule has 0 aliphatic carbocycles. The quantitative estimate of drug-likeness (QED) is 0.716. The number of nitrogens with one attached hydrogen (secondary N) is 1. The van der Waals surface area contributed by atoms with Gasteiger partial charge in [0.05, 0.1) is 0 Å². The van der Waals surface area contributed by atoms with Crippen LogP contribution in [0.15, 0.2) is 47.0 Å². The second-order valence-corrected chi connectivity index (χ2v) is 6.37. The summed E-state index contributed by atoms with van der Waals surface area (Å²) in [7, 11) is 0. The highest BCUT2D eigenvalue weighted by Gasteiger charge is 2.34. The van der Waals surface area contributed by atoms with Crippen LogP contribution in [-0.4, -0.2) is 27.6 Å². The van der Waals surface area contributed by atoms with Crippen molar-refractivity contribution in [2.45, 2.75) is 18.9 Å². The molecule has 2 heterocycles. The van der Waals surface area contributed by atoms with Crippen molar-refractivity contribution in [3.63, 3.8) is 0 Å². The number of urea groups is 1. The van der Waals surface area contributed by atoms with E-state index in [-0.39, 0.29) is 17.4 Å². The van der Waals surface area contributed by atoms with Crippen LogP contribution in [0.3, 0.4) is 0 Å². The Labute approximate surface area is 158 Å². The third-order valence-electron chi connectivity index (χ3n) is 4.51. The molecule has 2 amide bonds. The summed E-state index contributed by atoms with van der Waals surface area (Å²) in [5.41, 5.74) is 0.735. The van der Waals surface area contributed by atoms with Gasteiger partial charge in [-0.05, 0) is 49.2 Å². The Kier molecular flexibility index (Phi) is 4.72. The van der Waals surface area contributed by atoms with E-state index in [2.05, 4.69) is 15.5 Å². The summed E-state index contributed by atoms with van der Waals surface area (Å²) in [5.74, 6) is -1.85. The van der Waals surface area contributed by atoms with E-state index in [4.69, 9.17) is 4.52 Å². The smallest absolute Gasteiger partial charge is 0.322 e. The lowest BCUT2D eigenvalue weighted by atomic mass is 10.2. The van der Waals surface area contributed by atoms with Gasteiger partial charge in [-0.15, -0.1) is 0 Å². The second-order valence-electron chi connectivity index (χ2n) is 6.37. The lowest BCUT2D eigenvalue weighted by Gasteiger charge is -2.22. The van der Waals surface area contributed by atoms with Gasteiger partial charge in [0, 0.05) is 23.9 Å². The highest BCUT2D eigenvalue weighted by molar-refractivity contribution is 5.89. The van der Waals surface area contributed by atoms with Crippen LogP contribution in [0.2, 0.25) is 0 Å². The average Bonchev–Trinajstić information content (AvgIpc) is 3.34. The molecule has 1 aliphatic heterocycles. The minimum atomic E-state index is -1.04. The normalized spacial score (nSPS) is 16.4. The number of halogens is 3. The molecule has 6 nitrogen and oxygen atoms in total. The molecule has 1 atom stereocenters. The SMILES string of the molecule is O=C(Nc1ccc(F)c(F)c1)N1CCC[C@H]1c1nc(-c2ccc(F)cc2)no1. The zero-order valence-electron chi connectivity index (χ0n) is 14.5. The third kappa shape index (κ3) is 3.55. The summed E-state index contributed by atoms with van der Waals surface area (Å²) in [6, 6.07) is 7.88. The van der Waals surface area contributed by atoms with Crippen LogP contribution in [0.25, 0.3) is 11.4 Å². The standard InChI is InChI=1S/C19H15F3N4O2/c20-12-5-3-11(4-6-12)17-24-18(28-25-17)16-2-1-9-26(16)19(27)23-13-7-8-14(21)15(22)10-13/h3-8,10,16H,1-2,9H2,(H,23,27)/t16-/m0/s1. The summed E-state index contributed by atoms with van der Waals surface area (Å²) in [5, 5.41) is 6.45. The second kappa shape index (κ2) is 7.34. The zero-order valence-corrected chi connectivity index (χ0v) is 14.5. The van der Waals surface area contributed by atoms with Crippen molar-refractivity contribution in [1.82, 2.24) is 15.0 Å². The Morgan fingerprint density at radius 2 is 1.89 bits per heavy atom. The molecule has 2 aromatic carbocycles. The molecule has 4 rings (SSSR count). The van der Waals surface area contributed by atoms with E-state index in [0.717, 1.165) is 18.6 Å². The monoisotopic (exact) mass is 388 g/mol. The number of aromatic nitrogens is 2. The number of amides is 2. The molecule has 0 radical (unpaired) electrons. The fraction of sp³-hybridized carbons (Fsp3) is 0.211. The lowest BCUT2D eigenvalue weighted by Crippen LogP contribution is -2.34. The molecule has 1 saturated heterocycles. The molecule has 0 unspecified atom stereocenters. The Bertz CT molecular complexity index is 1010. The maximum atomic E-state index is 13.3. The largest absolute Gasteiger partial charge is 0.337 e. The maximum absolute atomic E-state index is 13.3. The molecule has 0 spiro atoms. The number of carbonyl (C=O) groups is 1. The van der Waals surface area contributed by atoms with E-state index in [1.54, 1.807) is 0 Å². The highest BCUT2D eigenvalue weighted by Crippen LogP contribution is 2.32. The molecule has 1 aliphatic rings. The minimum Gasteiger partial charge on any atom is -0.337 e. The van der Waals surface area contributed by atoms with E-state index in [0.29, 0.717) is 24.4 Å². The fourth-order valence-corrected chi connectivity index (χ4v) is 3.12. The van der Waals surface area contributed by atoms with Crippen molar-refractivity contribution in [3.05, 3.63) is 65.8 Å². The molecular formula is C19H15F3N4O2. The summed E-state index contributed by atoms with van der Waals surface area (Å²) < 4.78 is 44.8. The summed E-state index contributed by atoms with van der Waals surface area (Å²) in [4.78, 5) is 18.4. The Morgan fingerprint density at radius 1 is 1.11 bits per heavy atom. The van der Waals surface area contributed by atoms with E-state index in [9.17, 15) is 18.0 Å². The van der Waals surface area contributed by atoms with Gasteiger partial charge in [-0.25, -0.2) is 18.0 Å². The van der Waals surface area contributed by atoms with Crippen molar-refractivity contribution in [2.24, 2.45) is 0 Å². The summed E-state index contributed by atoms with van der Waals surface area (Å²) >= 11 is 0. The number of rotatable bonds is 3. The molecule has 144 valence electrons. The van der Waals surface area contributed by atoms with Crippen LogP contribution in [0.4, 0.5) is 23.7 Å². The number of likely N-dealkylation sites (tertiary alicyclic amines) is 1. The summed E-state index contributed by atoms with van der Waals surface area (Å²) in [6.07, 6.45) is 1.35. The number of anilines is 1. The minimum absolute atomic E-state index is 0.145. The zero-order chi connectivity index (χ0) is 19.7. The van der Waals surface area contributed by atoms with E-state index >= 15 is 0 Å². The van der Waals surface area contributed by atoms with E-state index < -0.39 is 23.7 Å². The van der Waals surface area contributed by atoms with Gasteiger partial charge in [0.15, 0.2) is 11.6 Å². The van der Waals surface area contributed by atoms with Crippen LogP contribution in [-0.2, 0) is 0 Å². The molecule has 1 fully saturated rings. The van der Waals surface area contributed by atoms with Crippen molar-refractivity contribution in [3.8, 4) is 11.4 Å². The number of nitrogens with zero attached hydrogens (tertiary/aromatic N) is 3. The molecule has 9 heteroatoms. The van der Waals surface area contributed by atoms with Gasteiger partial charge >= 0.3 is 6.03 Å². The molecule has 0 saturated carbocycles. The first kappa shape index (κ1) is 18.0. The molecule has 28 heavy (non-hydrogen) atoms. The van der Waals surface area contributed by atoms with Gasteiger partial charge in [0.25, 0.3) is 0 Å². The van der Waals surface area contributed by atoms with Gasteiger partial charge in [-0.3, -0.25) is 0 Å². The predicted molar refractivity (Wildman–Crippen MR) is 93.7 cm³/mol. The lowest BCUT2D eigenvalue weighted by molar-refractivity contribution is 0.193. The highest BCUT2D eigenvalue weighted by atomic mass is 19.2. The van der Waals surface area contributed by atoms with E-state index in [1.807, 2.05) is 0 Å². The van der Waals surface area contributed by atoms with Crippen LogP contribution >= 0.6 is 0 Å². The number of hydrogen-bond acceptors (Lipinski definition) is 4. The molecule has 0 bridgehead atoms. The van der Waals surface area contributed by atoms with Crippen molar-refractivity contribution >= 4 is 11.7 Å². The van der Waals surface area contributed by atoms with E-state index in [1.165, 1.54) is 35.2 Å². The van der Waals surface area contributed by atoms with Gasteiger partial charge in [-0.2, -0.15) is 4.98 Å². The fourth-order valence-electron chi connectivity index (χ4n) is 3.12.